The number of nitrogens with one attached hydrogen (secondary N) is 9. The molecule has 5 aromatic carbocycles. The maximum atomic E-state index is 14.7. The number of benzene rings is 5. The molecule has 0 saturated carbocycles. The second-order valence-electron chi connectivity index (χ2n) is 26.2. The summed E-state index contributed by atoms with van der Waals surface area (Å²) in [5.74, 6) is -16.1. The Morgan fingerprint density at radius 3 is 1.50 bits per heavy atom. The number of amides is 12. The van der Waals surface area contributed by atoms with Crippen molar-refractivity contribution in [3.8, 4) is 34.5 Å². The van der Waals surface area contributed by atoms with E-state index in [0.717, 1.165) is 18.7 Å². The van der Waals surface area contributed by atoms with E-state index in [1.165, 1.54) is 115 Å². The Labute approximate surface area is 643 Å². The number of nitrogens with two attached hydrogens (primary N) is 2. The first-order chi connectivity index (χ1) is 52.2. The molecule has 20 N–H and O–H groups in total. The smallest absolute Gasteiger partial charge is 0.340 e. The lowest BCUT2D eigenvalue weighted by atomic mass is 9.77. The second kappa shape index (κ2) is 37.7. The van der Waals surface area contributed by atoms with Gasteiger partial charge in [0.05, 0.1) is 24.2 Å². The summed E-state index contributed by atoms with van der Waals surface area (Å²) in [6, 6.07) is 6.22. The van der Waals surface area contributed by atoms with Crippen LogP contribution in [0.25, 0.3) is 0 Å². The molecule has 0 bridgehead atoms. The summed E-state index contributed by atoms with van der Waals surface area (Å²) in [6.07, 6.45) is -4.60. The molecule has 0 aromatic heterocycles. The fourth-order valence-electron chi connectivity index (χ4n) is 12.5. The molecule has 35 nitrogen and oxygen atoms in total. The molecule has 0 aliphatic carbocycles. The normalized spacial score (nSPS) is 16.7. The minimum atomic E-state index is -2.01. The number of aromatic hydroxyl groups is 4. The van der Waals surface area contributed by atoms with Crippen LogP contribution in [0.15, 0.2) is 103 Å². The fourth-order valence-corrected chi connectivity index (χ4v) is 13.5. The molecule has 1 saturated heterocycles. The first kappa shape index (κ1) is 84.3. The number of fused-ring (bicyclic) bond motifs is 6. The van der Waals surface area contributed by atoms with E-state index in [9.17, 15) is 103 Å². The van der Waals surface area contributed by atoms with Crippen LogP contribution in [0.4, 0.5) is 0 Å². The Kier molecular flexibility index (Phi) is 28.8. The number of aliphatic carboxylic acids is 1. The zero-order valence-electron chi connectivity index (χ0n) is 59.3. The lowest BCUT2D eigenvalue weighted by molar-refractivity contribution is -0.144. The number of aliphatic hydroxyl groups is 2. The van der Waals surface area contributed by atoms with Crippen LogP contribution in [-0.2, 0) is 80.7 Å². The number of primary amides is 2. The number of phenols is 4. The second-order valence-corrected chi connectivity index (χ2v) is 27.9. The van der Waals surface area contributed by atoms with E-state index in [4.69, 9.17) is 20.9 Å². The Bertz CT molecular complexity index is 4290. The SMILES string of the molecule is CSCC[C@H](NC(=O)[C@H](CCC(N)=O)NC(=O)[C@H](Cc1ccc(O)cc1)NC(=O)[C@@H](NC(=O)[C@@H](NC(=O)[C@@H]1CCCN1C(=O)[C@H](CC(N)=O)NC(=O)[C@H](Cc1ccc(O)cc1)NC(=O)[C@H](CS)NC(=O)c1ccc2c(c1)C(=O)OC21c2ccc(O)cc2Oc2cc(O)ccc21)[C@@H](C)O)[C@@H](C)O)C(=O)N[C@@H](CS)C(=O)O. The number of aliphatic hydroxyl groups excluding tert-OH is 2. The first-order valence-electron chi connectivity index (χ1n) is 34.4. The van der Waals surface area contributed by atoms with E-state index in [1.54, 1.807) is 6.26 Å². The minimum Gasteiger partial charge on any atom is -0.508 e. The molecular formula is C72H84N12O23S3. The van der Waals surface area contributed by atoms with Crippen molar-refractivity contribution in [3.05, 3.63) is 142 Å². The quantitative estimate of drug-likeness (QED) is 0.0154. The summed E-state index contributed by atoms with van der Waals surface area (Å²) in [7, 11) is 0. The van der Waals surface area contributed by atoms with Gasteiger partial charge in [-0.25, -0.2) is 9.59 Å². The summed E-state index contributed by atoms with van der Waals surface area (Å²) in [5, 5.41) is 94.2. The number of phenolic OH excluding ortho intramolecular Hbond substituents is 4. The molecule has 0 radical (unpaired) electrons. The molecule has 3 heterocycles. The van der Waals surface area contributed by atoms with Crippen molar-refractivity contribution in [3.63, 3.8) is 0 Å². The van der Waals surface area contributed by atoms with Gasteiger partial charge in [0.15, 0.2) is 5.60 Å². The van der Waals surface area contributed by atoms with E-state index >= 15 is 0 Å². The number of hydrogen-bond acceptors (Lipinski definition) is 25. The van der Waals surface area contributed by atoms with E-state index in [1.807, 2.05) is 0 Å². The number of thioether (sulfide) groups is 1. The van der Waals surface area contributed by atoms with Gasteiger partial charge in [0.25, 0.3) is 5.91 Å². The number of hydrogen-bond donors (Lipinski definition) is 20. The standard InChI is InChI=1S/C72H84N12O23S3/c1-33(85)58(67(100)78-49(26-36-8-13-39(88)14-9-36)63(96)75-46(20-21-56(73)91)61(94)76-47(22-24-110-3)62(95)81-52(32-109)70(103)104)83-68(101)59(34(2)86)82-66(99)53-5-4-23-84(53)69(102)50(30-57(74)92)79-64(97)48(25-35-6-11-38(87)12-7-35)77-65(98)51(31-108)80-60(93)37-10-17-43-42(27-37)71(105)107-72(43)44-18-15-40(89)28-54(44)106-55-29-41(90)16-19-45(55)72/h6-19,27-29,33-34,46-53,58-59,85-90,108-109H,4-5,20-26,30-32H2,1-3H3,(H2,73,91)(H2,74,92)(H,75,96)(H,76,94)(H,77,98)(H,78,100)(H,79,97)(H,80,93)(H,81,95)(H,82,99)(H,83,101)(H,103,104)/t33-,34-,46+,47+,48+,49+,50+,51+,52+,53+,58+,59+/m1/s1. The Hall–Kier alpha value is -11.4. The molecule has 12 atom stereocenters. The van der Waals surface area contributed by atoms with Crippen molar-refractivity contribution in [2.45, 2.75) is 143 Å². The molecular weight excluding hydrogens is 1500 g/mol. The third-order valence-electron chi connectivity index (χ3n) is 18.2. The zero-order chi connectivity index (χ0) is 80.6. The van der Waals surface area contributed by atoms with Crippen LogP contribution in [0.3, 0.4) is 0 Å². The summed E-state index contributed by atoms with van der Waals surface area (Å²) in [5.41, 5.74) is 10.7. The average molecular weight is 1580 g/mol. The third kappa shape index (κ3) is 20.9. The monoisotopic (exact) mass is 1580 g/mol. The zero-order valence-corrected chi connectivity index (χ0v) is 61.9. The average Bonchev–Trinajstić information content (AvgIpc) is 1.49. The lowest BCUT2D eigenvalue weighted by Gasteiger charge is -2.36. The summed E-state index contributed by atoms with van der Waals surface area (Å²) in [6.45, 7) is 1.94. The van der Waals surface area contributed by atoms with Crippen LogP contribution in [-0.4, -0.2) is 226 Å². The molecule has 5 aromatic rings. The van der Waals surface area contributed by atoms with E-state index < -0.39 is 192 Å². The number of likely N-dealkylation sites (tertiary alicyclic amines) is 1. The predicted octanol–water partition coefficient (Wildman–Crippen LogP) is -1.87. The van der Waals surface area contributed by atoms with E-state index in [2.05, 4.69) is 73.1 Å². The van der Waals surface area contributed by atoms with Gasteiger partial charge in [0.1, 0.15) is 94.9 Å². The third-order valence-corrected chi connectivity index (χ3v) is 19.6. The molecule has 3 aliphatic heterocycles. The number of carbonyl (C=O) groups is 14. The molecule has 1 spiro atoms. The highest BCUT2D eigenvalue weighted by atomic mass is 32.2. The number of nitrogens with zero attached hydrogens (tertiary/aromatic N) is 1. The predicted molar refractivity (Wildman–Crippen MR) is 397 cm³/mol. The highest BCUT2D eigenvalue weighted by Gasteiger charge is 2.54. The highest BCUT2D eigenvalue weighted by Crippen LogP contribution is 2.57. The number of ether oxygens (including phenoxy) is 2. The Morgan fingerprint density at radius 1 is 0.545 bits per heavy atom. The number of rotatable bonds is 36. The van der Waals surface area contributed by atoms with Gasteiger partial charge in [0, 0.05) is 71.7 Å². The molecule has 0 unspecified atom stereocenters. The fraction of sp³-hybridized carbons (Fsp3) is 0.389. The molecule has 3 aliphatic rings. The van der Waals surface area contributed by atoms with Gasteiger partial charge in [-0.15, -0.1) is 0 Å². The maximum Gasteiger partial charge on any atom is 0.340 e. The van der Waals surface area contributed by atoms with Crippen molar-refractivity contribution in [1.29, 1.82) is 0 Å². The summed E-state index contributed by atoms with van der Waals surface area (Å²) >= 11 is 9.56. The van der Waals surface area contributed by atoms with Crippen LogP contribution >= 0.6 is 37.0 Å². The van der Waals surface area contributed by atoms with Crippen LogP contribution in [0.1, 0.15) is 101 Å². The maximum absolute atomic E-state index is 14.7. The molecule has 12 amide bonds. The van der Waals surface area contributed by atoms with E-state index in [0.29, 0.717) is 16.7 Å². The molecule has 588 valence electrons. The number of carbonyl (C=O) groups excluding carboxylic acids is 13. The molecule has 8 rings (SSSR count). The van der Waals surface area contributed by atoms with Crippen molar-refractivity contribution < 1.29 is 112 Å². The summed E-state index contributed by atoms with van der Waals surface area (Å²) < 4.78 is 12.1. The van der Waals surface area contributed by atoms with Gasteiger partial charge in [-0.05, 0) is 123 Å². The first-order valence-corrected chi connectivity index (χ1v) is 37.0. The molecule has 110 heavy (non-hydrogen) atoms. The van der Waals surface area contributed by atoms with E-state index in [-0.39, 0.29) is 100 Å². The Balaban J connectivity index is 0.958. The molecule has 38 heteroatoms. The van der Waals surface area contributed by atoms with Gasteiger partial charge in [0.2, 0.25) is 65.0 Å². The largest absolute Gasteiger partial charge is 0.508 e. The van der Waals surface area contributed by atoms with Gasteiger partial charge < -0.3 is 109 Å². The van der Waals surface area contributed by atoms with Crippen LogP contribution < -0.4 is 64.1 Å². The number of esters is 1. The van der Waals surface area contributed by atoms with Crippen molar-refractivity contribution in [2.75, 3.05) is 30.1 Å². The number of carboxylic acid groups (broad SMARTS) is 1. The van der Waals surface area contributed by atoms with Crippen LogP contribution in [0.5, 0.6) is 34.5 Å². The highest BCUT2D eigenvalue weighted by molar-refractivity contribution is 7.98. The van der Waals surface area contributed by atoms with Gasteiger partial charge in [-0.2, -0.15) is 37.0 Å². The lowest BCUT2D eigenvalue weighted by Crippen LogP contribution is -2.63. The van der Waals surface area contributed by atoms with Crippen molar-refractivity contribution in [2.24, 2.45) is 11.5 Å². The number of carboxylic acids is 1. The van der Waals surface area contributed by atoms with Gasteiger partial charge in [-0.3, -0.25) is 57.5 Å². The summed E-state index contributed by atoms with van der Waals surface area (Å²) in [4.78, 5) is 194. The minimum absolute atomic E-state index is 0.0365. The Morgan fingerprint density at radius 2 is 1.00 bits per heavy atom. The van der Waals surface area contributed by atoms with Gasteiger partial charge in [-0.1, -0.05) is 30.3 Å². The number of thiol groups is 2. The molecule has 1 fully saturated rings. The van der Waals surface area contributed by atoms with Crippen LogP contribution in [0, 0.1) is 0 Å². The van der Waals surface area contributed by atoms with Crippen molar-refractivity contribution >= 4 is 120 Å². The van der Waals surface area contributed by atoms with Crippen LogP contribution in [0.2, 0.25) is 0 Å². The van der Waals surface area contributed by atoms with Crippen molar-refractivity contribution in [1.82, 2.24) is 52.8 Å². The topological polar surface area (TPSA) is 563 Å². The van der Waals surface area contributed by atoms with Gasteiger partial charge >= 0.3 is 11.9 Å².